The summed E-state index contributed by atoms with van der Waals surface area (Å²) in [6.45, 7) is 0. The highest BCUT2D eigenvalue weighted by atomic mass is 79.9. The molecule has 0 spiro atoms. The van der Waals surface area contributed by atoms with Crippen LogP contribution in [-0.2, 0) is 15.7 Å². The predicted octanol–water partition coefficient (Wildman–Crippen LogP) is 2.04. The van der Waals surface area contributed by atoms with Gasteiger partial charge in [0, 0.05) is 10.2 Å². The van der Waals surface area contributed by atoms with Crippen LogP contribution in [0.15, 0.2) is 94.3 Å². The number of benzene rings is 3. The summed E-state index contributed by atoms with van der Waals surface area (Å²) in [5.41, 5.74) is 1.73. The Labute approximate surface area is 194 Å². The number of nitrogens with zero attached hydrogens (tertiary/aromatic N) is 2. The van der Waals surface area contributed by atoms with Crippen LogP contribution in [0.3, 0.4) is 0 Å². The van der Waals surface area contributed by atoms with Gasteiger partial charge < -0.3 is 17.7 Å². The predicted molar refractivity (Wildman–Crippen MR) is 119 cm³/mol. The molecule has 0 saturated carbocycles. The molecular weight excluding hydrogens is 506 g/mol. The minimum atomic E-state index is -3.51. The van der Waals surface area contributed by atoms with Gasteiger partial charge in [0.2, 0.25) is 15.7 Å². The third-order valence-electron chi connectivity index (χ3n) is 4.16. The molecule has 1 heterocycles. The van der Waals surface area contributed by atoms with Crippen LogP contribution in [0.1, 0.15) is 0 Å². The van der Waals surface area contributed by atoms with Gasteiger partial charge in [0.25, 0.3) is 0 Å². The van der Waals surface area contributed by atoms with Crippen molar-refractivity contribution in [3.8, 4) is 11.4 Å². The molecule has 0 aliphatic rings. The van der Waals surface area contributed by atoms with Crippen LogP contribution in [0.25, 0.3) is 11.4 Å². The normalized spacial score (nSPS) is 11.0. The van der Waals surface area contributed by atoms with Crippen molar-refractivity contribution in [2.45, 2.75) is 10.8 Å². The van der Waals surface area contributed by atoms with Gasteiger partial charge in [-0.1, -0.05) is 52.3 Å². The van der Waals surface area contributed by atoms with Crippen molar-refractivity contribution in [2.24, 2.45) is 0 Å². The summed E-state index contributed by atoms with van der Waals surface area (Å²) in [5.74, 6) is 0.427. The molecule has 4 rings (SSSR count). The molecule has 0 radical (unpaired) electrons. The van der Waals surface area contributed by atoms with Gasteiger partial charge in [-0.3, -0.25) is 0 Å². The summed E-state index contributed by atoms with van der Waals surface area (Å²) in [6.07, 6.45) is 0. The molecule has 0 aliphatic heterocycles. The quantitative estimate of drug-likeness (QED) is 0.394. The van der Waals surface area contributed by atoms with E-state index in [4.69, 9.17) is 0 Å². The van der Waals surface area contributed by atoms with Crippen LogP contribution in [-0.4, -0.2) is 13.4 Å². The smallest absolute Gasteiger partial charge is 0.346 e. The number of sulfone groups is 1. The van der Waals surface area contributed by atoms with Crippen molar-refractivity contribution in [1.82, 2.24) is 4.98 Å². The maximum Gasteiger partial charge on any atom is 0.346 e. The van der Waals surface area contributed by atoms with Gasteiger partial charge >= 0.3 is 11.0 Å². The van der Waals surface area contributed by atoms with E-state index in [0.717, 1.165) is 15.7 Å². The highest BCUT2D eigenvalue weighted by Crippen LogP contribution is 2.24. The molecule has 0 unspecified atom stereocenters. The van der Waals surface area contributed by atoms with Crippen LogP contribution >= 0.6 is 27.5 Å². The van der Waals surface area contributed by atoms with Crippen LogP contribution < -0.4 is 21.7 Å². The first kappa shape index (κ1) is 22.4. The van der Waals surface area contributed by atoms with Crippen molar-refractivity contribution in [2.75, 3.05) is 5.32 Å². The summed E-state index contributed by atoms with van der Waals surface area (Å²) < 4.78 is 28.5. The fourth-order valence-corrected chi connectivity index (χ4v) is 5.54. The Bertz CT molecular complexity index is 1220. The SMILES string of the molecule is O=S(=O)(C[n+]1sc(Nc2ccc(Br)cc2)nc1-c1ccccc1)c1ccccc1.[Cl-]. The maximum absolute atomic E-state index is 12.9. The third kappa shape index (κ3) is 5.26. The third-order valence-corrected chi connectivity index (χ3v) is 7.33. The van der Waals surface area contributed by atoms with Crippen LogP contribution in [0, 0.1) is 0 Å². The van der Waals surface area contributed by atoms with Crippen molar-refractivity contribution in [1.29, 1.82) is 0 Å². The van der Waals surface area contributed by atoms with Gasteiger partial charge in [-0.2, -0.15) is 3.96 Å². The number of rotatable bonds is 6. The van der Waals surface area contributed by atoms with E-state index in [9.17, 15) is 8.42 Å². The minimum absolute atomic E-state index is 0. The molecule has 9 heteroatoms. The first-order valence-electron chi connectivity index (χ1n) is 8.78. The van der Waals surface area contributed by atoms with E-state index in [2.05, 4.69) is 26.2 Å². The lowest BCUT2D eigenvalue weighted by molar-refractivity contribution is -0.597. The number of aromatic nitrogens is 2. The van der Waals surface area contributed by atoms with Gasteiger partial charge in [0.15, 0.2) is 0 Å². The average molecular weight is 523 g/mol. The molecule has 0 saturated heterocycles. The number of nitrogens with one attached hydrogen (secondary N) is 1. The Morgan fingerprint density at radius 1 is 0.900 bits per heavy atom. The van der Waals surface area contributed by atoms with Crippen molar-refractivity contribution >= 4 is 48.1 Å². The van der Waals surface area contributed by atoms with Crippen LogP contribution in [0.2, 0.25) is 0 Å². The number of hydrogen-bond donors (Lipinski definition) is 1. The van der Waals surface area contributed by atoms with Gasteiger partial charge in [-0.15, -0.1) is 0 Å². The molecule has 0 aliphatic carbocycles. The highest BCUT2D eigenvalue weighted by molar-refractivity contribution is 9.10. The highest BCUT2D eigenvalue weighted by Gasteiger charge is 2.28. The molecule has 5 nitrogen and oxygen atoms in total. The largest absolute Gasteiger partial charge is 1.00 e. The molecule has 1 N–H and O–H groups in total. The Balaban J connectivity index is 0.00000256. The van der Waals surface area contributed by atoms with Gasteiger partial charge in [0.05, 0.1) is 10.5 Å². The monoisotopic (exact) mass is 521 g/mol. The van der Waals surface area contributed by atoms with E-state index in [1.54, 1.807) is 34.3 Å². The molecule has 0 bridgehead atoms. The Hall–Kier alpha value is -2.26. The summed E-state index contributed by atoms with van der Waals surface area (Å²) in [4.78, 5) is 4.96. The van der Waals surface area contributed by atoms with E-state index < -0.39 is 9.84 Å². The summed E-state index contributed by atoms with van der Waals surface area (Å²) in [7, 11) is -3.51. The lowest BCUT2D eigenvalue weighted by Crippen LogP contribution is -3.00. The molecule has 30 heavy (non-hydrogen) atoms. The number of hydrogen-bond acceptors (Lipinski definition) is 5. The van der Waals surface area contributed by atoms with E-state index in [-0.39, 0.29) is 18.3 Å². The molecule has 154 valence electrons. The molecule has 0 amide bonds. The van der Waals surface area contributed by atoms with Crippen molar-refractivity contribution < 1.29 is 24.8 Å². The van der Waals surface area contributed by atoms with E-state index in [1.165, 1.54) is 11.5 Å². The maximum atomic E-state index is 12.9. The fourth-order valence-electron chi connectivity index (χ4n) is 2.77. The van der Waals surface area contributed by atoms with Crippen LogP contribution in [0.5, 0.6) is 0 Å². The van der Waals surface area contributed by atoms with E-state index >= 15 is 0 Å². The molecular formula is C21H17BrClN3O2S2. The molecule has 4 aromatic rings. The van der Waals surface area contributed by atoms with Gasteiger partial charge in [-0.25, -0.2) is 8.42 Å². The second-order valence-electron chi connectivity index (χ2n) is 6.27. The van der Waals surface area contributed by atoms with Gasteiger partial charge in [0.1, 0.15) is 11.5 Å². The Morgan fingerprint density at radius 3 is 2.13 bits per heavy atom. The zero-order valence-electron chi connectivity index (χ0n) is 15.6. The van der Waals surface area contributed by atoms with Crippen LogP contribution in [0.4, 0.5) is 10.8 Å². The van der Waals surface area contributed by atoms with E-state index in [0.29, 0.717) is 15.9 Å². The average Bonchev–Trinajstić information content (AvgIpc) is 3.12. The number of halogens is 2. The first-order chi connectivity index (χ1) is 14.0. The Kier molecular flexibility index (Phi) is 7.25. The number of anilines is 2. The summed E-state index contributed by atoms with van der Waals surface area (Å²) in [6, 6.07) is 25.8. The minimum Gasteiger partial charge on any atom is -1.00 e. The lowest BCUT2D eigenvalue weighted by Gasteiger charge is -2.02. The standard InChI is InChI=1S/C21H16BrN3O2S2.ClH/c22-17-11-13-18(14-12-17)23-21-24-20(16-7-3-1-4-8-16)25(28-21)15-29(26,27)19-9-5-2-6-10-19;/h1-14H,15H2;1H. The zero-order valence-corrected chi connectivity index (χ0v) is 19.5. The lowest BCUT2D eigenvalue weighted by atomic mass is 10.2. The van der Waals surface area contributed by atoms with Gasteiger partial charge in [-0.05, 0) is 53.5 Å². The van der Waals surface area contributed by atoms with E-state index in [1.807, 2.05) is 54.6 Å². The molecule has 1 aromatic heterocycles. The Morgan fingerprint density at radius 2 is 1.50 bits per heavy atom. The first-order valence-corrected chi connectivity index (χ1v) is 12.0. The topological polar surface area (TPSA) is 62.9 Å². The fraction of sp³-hybridized carbons (Fsp3) is 0.0476. The van der Waals surface area contributed by atoms with Crippen molar-refractivity contribution in [3.05, 3.63) is 89.4 Å². The molecule has 3 aromatic carbocycles. The molecule has 0 atom stereocenters. The molecule has 0 fully saturated rings. The van der Waals surface area contributed by atoms with Crippen molar-refractivity contribution in [3.63, 3.8) is 0 Å². The summed E-state index contributed by atoms with van der Waals surface area (Å²) >= 11 is 4.70. The second-order valence-corrected chi connectivity index (χ2v) is 10.1. The second kappa shape index (κ2) is 9.70. The zero-order chi connectivity index (χ0) is 20.3. The summed E-state index contributed by atoms with van der Waals surface area (Å²) in [5, 5.41) is 3.88.